The molecule has 1 aromatic rings. The SMILES string of the molecule is Cc1occc1/C=C/CN. The number of hydrogen-bond donors (Lipinski definition) is 1. The van der Waals surface area contributed by atoms with E-state index < -0.39 is 0 Å². The maximum absolute atomic E-state index is 5.28. The highest BCUT2D eigenvalue weighted by Gasteiger charge is 1.93. The first-order chi connectivity index (χ1) is 4.84. The second-order valence-electron chi connectivity index (χ2n) is 2.07. The number of rotatable bonds is 2. The zero-order valence-corrected chi connectivity index (χ0v) is 6.00. The van der Waals surface area contributed by atoms with Gasteiger partial charge in [-0.25, -0.2) is 0 Å². The smallest absolute Gasteiger partial charge is 0.107 e. The summed E-state index contributed by atoms with van der Waals surface area (Å²) in [6, 6.07) is 1.92. The normalized spacial score (nSPS) is 11.0. The van der Waals surface area contributed by atoms with Gasteiger partial charge in [-0.1, -0.05) is 12.2 Å². The summed E-state index contributed by atoms with van der Waals surface area (Å²) in [5, 5.41) is 0. The molecular weight excluding hydrogens is 126 g/mol. The fraction of sp³-hybridized carbons (Fsp3) is 0.250. The van der Waals surface area contributed by atoms with Crippen molar-refractivity contribution in [3.05, 3.63) is 29.7 Å². The van der Waals surface area contributed by atoms with Gasteiger partial charge >= 0.3 is 0 Å². The van der Waals surface area contributed by atoms with Crippen molar-refractivity contribution < 1.29 is 4.42 Å². The minimum atomic E-state index is 0.574. The molecule has 0 bridgehead atoms. The molecule has 0 saturated carbocycles. The highest BCUT2D eigenvalue weighted by Crippen LogP contribution is 2.09. The lowest BCUT2D eigenvalue weighted by molar-refractivity contribution is 0.533. The third-order valence-corrected chi connectivity index (χ3v) is 1.33. The lowest BCUT2D eigenvalue weighted by atomic mass is 10.2. The highest BCUT2D eigenvalue weighted by molar-refractivity contribution is 5.50. The largest absolute Gasteiger partial charge is 0.469 e. The molecule has 0 aromatic carbocycles. The summed E-state index contributed by atoms with van der Waals surface area (Å²) >= 11 is 0. The lowest BCUT2D eigenvalue weighted by Crippen LogP contribution is -1.91. The van der Waals surface area contributed by atoms with Crippen LogP contribution in [0.5, 0.6) is 0 Å². The van der Waals surface area contributed by atoms with E-state index in [9.17, 15) is 0 Å². The van der Waals surface area contributed by atoms with E-state index in [2.05, 4.69) is 0 Å². The van der Waals surface area contributed by atoms with Crippen molar-refractivity contribution in [2.24, 2.45) is 5.73 Å². The van der Waals surface area contributed by atoms with Gasteiger partial charge in [0.2, 0.25) is 0 Å². The standard InChI is InChI=1S/C8H11NO/c1-7-8(3-2-5-9)4-6-10-7/h2-4,6H,5,9H2,1H3/b3-2+. The highest BCUT2D eigenvalue weighted by atomic mass is 16.3. The summed E-state index contributed by atoms with van der Waals surface area (Å²) in [5.41, 5.74) is 6.38. The van der Waals surface area contributed by atoms with E-state index in [4.69, 9.17) is 10.2 Å². The van der Waals surface area contributed by atoms with Crippen LogP contribution in [-0.2, 0) is 0 Å². The quantitative estimate of drug-likeness (QED) is 0.671. The van der Waals surface area contributed by atoms with Crippen LogP contribution in [0.15, 0.2) is 22.8 Å². The molecule has 1 heterocycles. The molecule has 0 saturated heterocycles. The monoisotopic (exact) mass is 137 g/mol. The molecule has 0 radical (unpaired) electrons. The molecule has 0 spiro atoms. The van der Waals surface area contributed by atoms with Crippen molar-refractivity contribution in [1.82, 2.24) is 0 Å². The van der Waals surface area contributed by atoms with Gasteiger partial charge in [-0.05, 0) is 13.0 Å². The molecule has 0 unspecified atom stereocenters. The summed E-state index contributed by atoms with van der Waals surface area (Å²) in [5.74, 6) is 0.935. The third kappa shape index (κ3) is 1.48. The second-order valence-corrected chi connectivity index (χ2v) is 2.07. The van der Waals surface area contributed by atoms with E-state index in [0.29, 0.717) is 6.54 Å². The lowest BCUT2D eigenvalue weighted by Gasteiger charge is -1.85. The van der Waals surface area contributed by atoms with Gasteiger partial charge in [-0.2, -0.15) is 0 Å². The van der Waals surface area contributed by atoms with Crippen LogP contribution in [0.1, 0.15) is 11.3 Å². The first-order valence-electron chi connectivity index (χ1n) is 3.25. The van der Waals surface area contributed by atoms with E-state index in [1.165, 1.54) is 0 Å². The van der Waals surface area contributed by atoms with Gasteiger partial charge < -0.3 is 10.2 Å². The van der Waals surface area contributed by atoms with Crippen molar-refractivity contribution in [2.45, 2.75) is 6.92 Å². The van der Waals surface area contributed by atoms with Crippen molar-refractivity contribution in [3.63, 3.8) is 0 Å². The number of nitrogens with two attached hydrogens (primary N) is 1. The van der Waals surface area contributed by atoms with Gasteiger partial charge in [-0.15, -0.1) is 0 Å². The summed E-state index contributed by atoms with van der Waals surface area (Å²) in [4.78, 5) is 0. The molecule has 0 fully saturated rings. The van der Waals surface area contributed by atoms with Crippen molar-refractivity contribution in [1.29, 1.82) is 0 Å². The molecule has 10 heavy (non-hydrogen) atoms. The summed E-state index contributed by atoms with van der Waals surface area (Å²) in [6.07, 6.45) is 5.53. The Labute approximate surface area is 60.3 Å². The van der Waals surface area contributed by atoms with Crippen LogP contribution in [0.25, 0.3) is 6.08 Å². The van der Waals surface area contributed by atoms with Gasteiger partial charge in [0.1, 0.15) is 5.76 Å². The molecule has 54 valence electrons. The maximum Gasteiger partial charge on any atom is 0.107 e. The van der Waals surface area contributed by atoms with Gasteiger partial charge in [0.05, 0.1) is 6.26 Å². The second kappa shape index (κ2) is 3.22. The Kier molecular flexibility index (Phi) is 2.29. The van der Waals surface area contributed by atoms with Crippen LogP contribution in [0.4, 0.5) is 0 Å². The van der Waals surface area contributed by atoms with Crippen LogP contribution >= 0.6 is 0 Å². The Morgan fingerprint density at radius 1 is 1.70 bits per heavy atom. The molecule has 2 N–H and O–H groups in total. The van der Waals surface area contributed by atoms with Crippen LogP contribution in [0.2, 0.25) is 0 Å². The average Bonchev–Trinajstić information content (AvgIpc) is 2.31. The summed E-state index contributed by atoms with van der Waals surface area (Å²) < 4.78 is 5.07. The molecule has 2 heteroatoms. The summed E-state index contributed by atoms with van der Waals surface area (Å²) in [6.45, 7) is 2.50. The van der Waals surface area contributed by atoms with E-state index in [-0.39, 0.29) is 0 Å². The van der Waals surface area contributed by atoms with Gasteiger partial charge in [0.25, 0.3) is 0 Å². The average molecular weight is 137 g/mol. The minimum Gasteiger partial charge on any atom is -0.469 e. The first kappa shape index (κ1) is 7.09. The Bertz CT molecular complexity index is 225. The van der Waals surface area contributed by atoms with Crippen LogP contribution in [-0.4, -0.2) is 6.54 Å². The van der Waals surface area contributed by atoms with Crippen LogP contribution in [0, 0.1) is 6.92 Å². The van der Waals surface area contributed by atoms with Crippen molar-refractivity contribution in [3.8, 4) is 0 Å². The molecule has 0 aliphatic carbocycles. The topological polar surface area (TPSA) is 39.2 Å². The fourth-order valence-corrected chi connectivity index (χ4v) is 0.763. The molecule has 1 rings (SSSR count). The predicted molar refractivity (Wildman–Crippen MR) is 41.5 cm³/mol. The number of aryl methyl sites for hydroxylation is 1. The van der Waals surface area contributed by atoms with Crippen molar-refractivity contribution >= 4 is 6.08 Å². The van der Waals surface area contributed by atoms with Crippen molar-refractivity contribution in [2.75, 3.05) is 6.54 Å². The number of furan rings is 1. The third-order valence-electron chi connectivity index (χ3n) is 1.33. The van der Waals surface area contributed by atoms with E-state index in [0.717, 1.165) is 11.3 Å². The Morgan fingerprint density at radius 3 is 3.00 bits per heavy atom. The molecule has 0 amide bonds. The maximum atomic E-state index is 5.28. The molecule has 2 nitrogen and oxygen atoms in total. The molecule has 0 atom stereocenters. The Morgan fingerprint density at radius 2 is 2.50 bits per heavy atom. The van der Waals surface area contributed by atoms with Crippen LogP contribution in [0.3, 0.4) is 0 Å². The van der Waals surface area contributed by atoms with E-state index in [1.54, 1.807) is 6.26 Å². The molecule has 1 aromatic heterocycles. The number of hydrogen-bond acceptors (Lipinski definition) is 2. The zero-order valence-electron chi connectivity index (χ0n) is 6.00. The zero-order chi connectivity index (χ0) is 7.40. The molecule has 0 aliphatic rings. The van der Waals surface area contributed by atoms with Gasteiger partial charge in [0.15, 0.2) is 0 Å². The fourth-order valence-electron chi connectivity index (χ4n) is 0.763. The van der Waals surface area contributed by atoms with Gasteiger partial charge in [-0.3, -0.25) is 0 Å². The van der Waals surface area contributed by atoms with Gasteiger partial charge in [0, 0.05) is 12.1 Å². The Balaban J connectivity index is 2.74. The molecule has 0 aliphatic heterocycles. The summed E-state index contributed by atoms with van der Waals surface area (Å²) in [7, 11) is 0. The van der Waals surface area contributed by atoms with Crippen LogP contribution < -0.4 is 5.73 Å². The van der Waals surface area contributed by atoms with E-state index in [1.807, 2.05) is 25.1 Å². The molecular formula is C8H11NO. The minimum absolute atomic E-state index is 0.574. The van der Waals surface area contributed by atoms with E-state index >= 15 is 0 Å². The predicted octanol–water partition coefficient (Wildman–Crippen LogP) is 1.56. The first-order valence-corrected chi connectivity index (χ1v) is 3.25. The Hall–Kier alpha value is -1.02.